The van der Waals surface area contributed by atoms with Gasteiger partial charge in [0.05, 0.1) is 10.5 Å². The molecule has 0 bridgehead atoms. The first-order valence-corrected chi connectivity index (χ1v) is 11.5. The fraction of sp³-hybridized carbons (Fsp3) is 0.556. The van der Waals surface area contributed by atoms with Crippen molar-refractivity contribution in [3.05, 3.63) is 34.7 Å². The number of thiophene rings is 1. The molecule has 3 rings (SSSR count). The van der Waals surface area contributed by atoms with Crippen molar-refractivity contribution in [2.45, 2.75) is 62.4 Å². The molecule has 164 valence electrons. The predicted molar refractivity (Wildman–Crippen MR) is 98.7 cm³/mol. The standard InChI is InChI=1S/C17H20F3S.CHF3O3S/c1-12-8-9-14-11-16(13-6-4-2-3-5-7-13)21(15(14)10-12)17(18,19)20;2-1(3,4)8(5,6)7/h8-11,13H,2-7H2,1H3;(H,5,6,7)/q+1;/p-1. The molecule has 1 saturated carbocycles. The third kappa shape index (κ3) is 6.08. The lowest BCUT2D eigenvalue weighted by Gasteiger charge is -2.10. The number of hydrogen-bond acceptors (Lipinski definition) is 3. The van der Waals surface area contributed by atoms with Gasteiger partial charge in [-0.15, -0.1) is 13.2 Å². The number of benzene rings is 1. The topological polar surface area (TPSA) is 57.2 Å². The highest BCUT2D eigenvalue weighted by Gasteiger charge is 2.49. The summed E-state index contributed by atoms with van der Waals surface area (Å²) < 4.78 is 100. The van der Waals surface area contributed by atoms with Crippen molar-refractivity contribution in [1.29, 1.82) is 0 Å². The Morgan fingerprint density at radius 1 is 0.966 bits per heavy atom. The lowest BCUT2D eigenvalue weighted by Crippen LogP contribution is -2.21. The quantitative estimate of drug-likeness (QED) is 0.153. The fourth-order valence-corrected chi connectivity index (χ4v) is 5.63. The lowest BCUT2D eigenvalue weighted by molar-refractivity contribution is -0.0868. The van der Waals surface area contributed by atoms with E-state index in [-0.39, 0.29) is 5.92 Å². The van der Waals surface area contributed by atoms with Crippen LogP contribution in [0.3, 0.4) is 0 Å². The van der Waals surface area contributed by atoms with Crippen LogP contribution in [0.15, 0.2) is 24.3 Å². The SMILES string of the molecule is Cc1ccc2cc(C3CCCCCC3)[s+](C(F)(F)F)c2c1.O=S(=O)([O-])C(F)(F)F. The zero-order valence-electron chi connectivity index (χ0n) is 15.4. The Hall–Kier alpha value is -1.33. The van der Waals surface area contributed by atoms with Crippen LogP contribution in [0.5, 0.6) is 0 Å². The van der Waals surface area contributed by atoms with Crippen LogP contribution in [0.1, 0.15) is 54.9 Å². The van der Waals surface area contributed by atoms with Crippen molar-refractivity contribution in [3.63, 3.8) is 0 Å². The van der Waals surface area contributed by atoms with Crippen LogP contribution in [-0.2, 0) is 15.6 Å². The van der Waals surface area contributed by atoms with Crippen LogP contribution in [0.2, 0.25) is 0 Å². The van der Waals surface area contributed by atoms with Gasteiger partial charge in [0, 0.05) is 23.4 Å². The molecule has 0 radical (unpaired) electrons. The third-order valence-electron chi connectivity index (χ3n) is 4.69. The molecule has 1 aromatic heterocycles. The molecule has 1 atom stereocenters. The van der Waals surface area contributed by atoms with Crippen LogP contribution in [0.25, 0.3) is 10.1 Å². The van der Waals surface area contributed by atoms with Crippen molar-refractivity contribution in [3.8, 4) is 0 Å². The first-order valence-electron chi connectivity index (χ1n) is 8.87. The van der Waals surface area contributed by atoms with Crippen molar-refractivity contribution in [2.75, 3.05) is 0 Å². The van der Waals surface area contributed by atoms with Gasteiger partial charge in [0.15, 0.2) is 19.7 Å². The Kier molecular flexibility index (Phi) is 7.27. The summed E-state index contributed by atoms with van der Waals surface area (Å²) in [6.07, 6.45) is 6.28. The highest BCUT2D eigenvalue weighted by Crippen LogP contribution is 2.54. The van der Waals surface area contributed by atoms with Gasteiger partial charge in [-0.2, -0.15) is 13.2 Å². The Bertz CT molecular complexity index is 937. The van der Waals surface area contributed by atoms with Gasteiger partial charge in [0.1, 0.15) is 0 Å². The van der Waals surface area contributed by atoms with Gasteiger partial charge < -0.3 is 4.55 Å². The monoisotopic (exact) mass is 462 g/mol. The number of alkyl halides is 6. The van der Waals surface area contributed by atoms with Crippen LogP contribution in [0.4, 0.5) is 26.3 Å². The molecule has 3 nitrogen and oxygen atoms in total. The first-order chi connectivity index (χ1) is 13.2. The minimum Gasteiger partial charge on any atom is -0.741 e. The second-order valence-electron chi connectivity index (χ2n) is 6.93. The maximum Gasteiger partial charge on any atom is 0.600 e. The molecule has 11 heteroatoms. The molecule has 0 aliphatic heterocycles. The summed E-state index contributed by atoms with van der Waals surface area (Å²) in [5.74, 6) is 0.116. The van der Waals surface area contributed by atoms with Crippen molar-refractivity contribution in [2.24, 2.45) is 0 Å². The fourth-order valence-electron chi connectivity index (χ4n) is 3.38. The molecule has 0 saturated heterocycles. The predicted octanol–water partition coefficient (Wildman–Crippen LogP) is 6.86. The molecular formula is C18H20F6O3S2. The molecule has 1 aliphatic carbocycles. The second-order valence-corrected chi connectivity index (χ2v) is 10.3. The van der Waals surface area contributed by atoms with Gasteiger partial charge in [-0.25, -0.2) is 8.42 Å². The van der Waals surface area contributed by atoms with Crippen LogP contribution in [0, 0.1) is 6.92 Å². The number of rotatable bonds is 1. The molecule has 1 aromatic carbocycles. The van der Waals surface area contributed by atoms with E-state index in [2.05, 4.69) is 0 Å². The van der Waals surface area contributed by atoms with E-state index in [1.807, 2.05) is 25.1 Å². The van der Waals surface area contributed by atoms with E-state index in [1.54, 1.807) is 6.07 Å². The third-order valence-corrected chi connectivity index (χ3v) is 7.44. The van der Waals surface area contributed by atoms with Gasteiger partial charge >= 0.3 is 11.0 Å². The van der Waals surface area contributed by atoms with Crippen LogP contribution in [-0.4, -0.2) is 18.5 Å². The summed E-state index contributed by atoms with van der Waals surface area (Å²) >= 11 is 0. The van der Waals surface area contributed by atoms with Crippen LogP contribution < -0.4 is 0 Å². The highest BCUT2D eigenvalue weighted by molar-refractivity contribution is 7.86. The maximum absolute atomic E-state index is 13.6. The lowest BCUT2D eigenvalue weighted by atomic mass is 9.98. The number of fused-ring (bicyclic) bond motifs is 1. The van der Waals surface area contributed by atoms with Gasteiger partial charge in [-0.05, 0) is 31.4 Å². The molecule has 1 aliphatic rings. The van der Waals surface area contributed by atoms with E-state index in [0.29, 0.717) is 9.58 Å². The van der Waals surface area contributed by atoms with E-state index in [0.717, 1.165) is 49.5 Å². The zero-order valence-corrected chi connectivity index (χ0v) is 17.1. The molecule has 0 N–H and O–H groups in total. The Morgan fingerprint density at radius 2 is 1.48 bits per heavy atom. The van der Waals surface area contributed by atoms with Crippen molar-refractivity contribution < 1.29 is 39.3 Å². The molecule has 1 heterocycles. The van der Waals surface area contributed by atoms with E-state index >= 15 is 0 Å². The summed E-state index contributed by atoms with van der Waals surface area (Å²) in [6.45, 7) is 1.86. The Balaban J connectivity index is 0.000000321. The molecular weight excluding hydrogens is 442 g/mol. The van der Waals surface area contributed by atoms with Crippen molar-refractivity contribution in [1.82, 2.24) is 0 Å². The normalized spacial score (nSPS) is 17.6. The van der Waals surface area contributed by atoms with Gasteiger partial charge in [0.25, 0.3) is 0 Å². The molecule has 0 spiro atoms. The van der Waals surface area contributed by atoms with Gasteiger partial charge in [-0.1, -0.05) is 31.7 Å². The number of aryl methyl sites for hydroxylation is 1. The summed E-state index contributed by atoms with van der Waals surface area (Å²) in [4.78, 5) is 0.644. The zero-order chi connectivity index (χ0) is 22.0. The van der Waals surface area contributed by atoms with Crippen molar-refractivity contribution >= 4 is 30.7 Å². The largest absolute Gasteiger partial charge is 0.741 e. The maximum atomic E-state index is 13.6. The summed E-state index contributed by atoms with van der Waals surface area (Å²) in [6, 6.07) is 7.32. The smallest absolute Gasteiger partial charge is 0.600 e. The summed E-state index contributed by atoms with van der Waals surface area (Å²) in [5, 5.41) is 0.778. The molecule has 29 heavy (non-hydrogen) atoms. The number of halogens is 6. The Morgan fingerprint density at radius 3 is 1.93 bits per heavy atom. The second kappa shape index (κ2) is 8.81. The highest BCUT2D eigenvalue weighted by atomic mass is 32.2. The Labute approximate surface area is 167 Å². The van der Waals surface area contributed by atoms with Gasteiger partial charge in [-0.3, -0.25) is 0 Å². The summed E-state index contributed by atoms with van der Waals surface area (Å²) in [7, 11) is -7.80. The molecule has 0 amide bonds. The van der Waals surface area contributed by atoms with E-state index in [9.17, 15) is 26.3 Å². The molecule has 1 fully saturated rings. The van der Waals surface area contributed by atoms with Gasteiger partial charge in [0.2, 0.25) is 0 Å². The minimum atomic E-state index is -6.09. The van der Waals surface area contributed by atoms with Crippen LogP contribution >= 0.6 is 10.5 Å². The molecule has 2 aromatic rings. The van der Waals surface area contributed by atoms with E-state index in [1.165, 1.54) is 0 Å². The minimum absolute atomic E-state index is 0.116. The number of hydrogen-bond donors (Lipinski definition) is 0. The molecule has 1 unspecified atom stereocenters. The van der Waals surface area contributed by atoms with E-state index < -0.39 is 31.6 Å². The summed E-state index contributed by atoms with van der Waals surface area (Å²) in [5.41, 5.74) is -8.89. The van der Waals surface area contributed by atoms with E-state index in [4.69, 9.17) is 13.0 Å². The average Bonchev–Trinajstić information content (AvgIpc) is 2.74. The first kappa shape index (κ1) is 23.9. The average molecular weight is 462 g/mol.